The molecular weight excluding hydrogens is 294 g/mol. The van der Waals surface area contributed by atoms with Crippen LogP contribution in [-0.4, -0.2) is 36.6 Å². The summed E-state index contributed by atoms with van der Waals surface area (Å²) in [7, 11) is 0. The third-order valence-electron chi connectivity index (χ3n) is 3.91. The summed E-state index contributed by atoms with van der Waals surface area (Å²) in [4.78, 5) is 11.5. The van der Waals surface area contributed by atoms with Gasteiger partial charge >= 0.3 is 6.09 Å². The number of carbonyl (C=O) groups excluding carboxylic acids is 1. The maximum absolute atomic E-state index is 11.5. The molecule has 0 aromatic heterocycles. The predicted molar refractivity (Wildman–Crippen MR) is 88.1 cm³/mol. The molecule has 0 saturated carbocycles. The van der Waals surface area contributed by atoms with Crippen molar-refractivity contribution in [1.29, 1.82) is 0 Å². The van der Waals surface area contributed by atoms with Gasteiger partial charge in [-0.2, -0.15) is 0 Å². The van der Waals surface area contributed by atoms with Gasteiger partial charge in [0.25, 0.3) is 0 Å². The van der Waals surface area contributed by atoms with E-state index in [0.29, 0.717) is 12.5 Å². The molecular formula is C18H27NO4. The number of aliphatic hydroxyl groups is 1. The summed E-state index contributed by atoms with van der Waals surface area (Å²) in [6.07, 6.45) is 5.87. The Balaban J connectivity index is 1.43. The predicted octanol–water partition coefficient (Wildman–Crippen LogP) is 3.01. The van der Waals surface area contributed by atoms with Gasteiger partial charge in [-0.3, -0.25) is 0 Å². The number of amides is 1. The summed E-state index contributed by atoms with van der Waals surface area (Å²) >= 11 is 0. The number of nitrogens with one attached hydrogen (secondary N) is 1. The number of alkyl carbamates (subject to hydrolysis) is 1. The maximum Gasteiger partial charge on any atom is 0.407 e. The van der Waals surface area contributed by atoms with Gasteiger partial charge in [-0.25, -0.2) is 4.79 Å². The lowest BCUT2D eigenvalue weighted by Gasteiger charge is -2.12. The first-order valence-corrected chi connectivity index (χ1v) is 8.48. The molecule has 1 heterocycles. The fraction of sp³-hybridized carbons (Fsp3) is 0.611. The van der Waals surface area contributed by atoms with Crippen LogP contribution in [0.5, 0.6) is 0 Å². The third-order valence-corrected chi connectivity index (χ3v) is 3.91. The van der Waals surface area contributed by atoms with Crippen LogP contribution >= 0.6 is 0 Å². The molecule has 1 aliphatic rings. The summed E-state index contributed by atoms with van der Waals surface area (Å²) in [6.45, 7) is 1.42. The van der Waals surface area contributed by atoms with Gasteiger partial charge in [0.05, 0.1) is 18.8 Å². The topological polar surface area (TPSA) is 71.1 Å². The molecule has 1 saturated heterocycles. The summed E-state index contributed by atoms with van der Waals surface area (Å²) in [5.41, 5.74) is 0.944. The number of hydrogen-bond acceptors (Lipinski definition) is 4. The Morgan fingerprint density at radius 3 is 2.74 bits per heavy atom. The van der Waals surface area contributed by atoms with Gasteiger partial charge in [0.15, 0.2) is 0 Å². The molecule has 1 aromatic carbocycles. The fourth-order valence-corrected chi connectivity index (χ4v) is 2.42. The van der Waals surface area contributed by atoms with Crippen molar-refractivity contribution in [2.24, 2.45) is 0 Å². The lowest BCUT2D eigenvalue weighted by atomic mass is 10.1. The summed E-state index contributed by atoms with van der Waals surface area (Å²) in [5, 5.41) is 12.4. The van der Waals surface area contributed by atoms with E-state index in [9.17, 15) is 9.90 Å². The molecule has 23 heavy (non-hydrogen) atoms. The van der Waals surface area contributed by atoms with E-state index in [1.54, 1.807) is 0 Å². The molecule has 2 N–H and O–H groups in total. The highest BCUT2D eigenvalue weighted by atomic mass is 16.6. The van der Waals surface area contributed by atoms with E-state index in [4.69, 9.17) is 9.47 Å². The van der Waals surface area contributed by atoms with Crippen molar-refractivity contribution in [2.75, 3.05) is 13.2 Å². The van der Waals surface area contributed by atoms with E-state index in [2.05, 4.69) is 5.32 Å². The highest BCUT2D eigenvalue weighted by Crippen LogP contribution is 2.18. The van der Waals surface area contributed by atoms with Crippen molar-refractivity contribution < 1.29 is 19.4 Å². The van der Waals surface area contributed by atoms with E-state index < -0.39 is 12.2 Å². The number of hydrogen-bond donors (Lipinski definition) is 2. The standard InChI is InChI=1S/C18H27NO4/c20-16(10-6-1-2-7-11-17-14-22-17)12-19-18(21)23-13-15-8-4-3-5-9-15/h3-5,8-9,16-17,20H,1-2,6-7,10-14H2,(H,19,21)/t16?,17-/m1/s1. The zero-order valence-electron chi connectivity index (χ0n) is 13.6. The van der Waals surface area contributed by atoms with Crippen LogP contribution < -0.4 is 5.32 Å². The number of rotatable bonds is 11. The largest absolute Gasteiger partial charge is 0.445 e. The number of carbonyl (C=O) groups is 1. The van der Waals surface area contributed by atoms with Gasteiger partial charge in [0.1, 0.15) is 6.61 Å². The normalized spacial score (nSPS) is 17.5. The summed E-state index contributed by atoms with van der Waals surface area (Å²) in [6, 6.07) is 9.52. The highest BCUT2D eigenvalue weighted by Gasteiger charge is 2.20. The smallest absolute Gasteiger partial charge is 0.407 e. The first kappa shape index (κ1) is 17.8. The SMILES string of the molecule is O=C(NCC(O)CCCCCC[C@@H]1CO1)OCc1ccccc1. The van der Waals surface area contributed by atoms with Crippen LogP contribution in [0.2, 0.25) is 0 Å². The zero-order valence-corrected chi connectivity index (χ0v) is 13.6. The van der Waals surface area contributed by atoms with Crippen molar-refractivity contribution in [3.05, 3.63) is 35.9 Å². The molecule has 1 unspecified atom stereocenters. The molecule has 5 nitrogen and oxygen atoms in total. The average Bonchev–Trinajstić information content (AvgIpc) is 3.39. The van der Waals surface area contributed by atoms with Gasteiger partial charge in [0, 0.05) is 6.54 Å². The van der Waals surface area contributed by atoms with Crippen LogP contribution in [0.15, 0.2) is 30.3 Å². The Hall–Kier alpha value is -1.59. The Kier molecular flexibility index (Phi) is 7.90. The van der Waals surface area contributed by atoms with Crippen LogP contribution in [0.1, 0.15) is 44.1 Å². The van der Waals surface area contributed by atoms with Gasteiger partial charge in [-0.15, -0.1) is 0 Å². The fourth-order valence-electron chi connectivity index (χ4n) is 2.42. The number of benzene rings is 1. The minimum absolute atomic E-state index is 0.240. The van der Waals surface area contributed by atoms with E-state index in [0.717, 1.165) is 31.4 Å². The van der Waals surface area contributed by atoms with Crippen molar-refractivity contribution in [3.63, 3.8) is 0 Å². The number of ether oxygens (including phenoxy) is 2. The Morgan fingerprint density at radius 2 is 2.00 bits per heavy atom. The lowest BCUT2D eigenvalue weighted by molar-refractivity contribution is 0.122. The monoisotopic (exact) mass is 321 g/mol. The Bertz CT molecular complexity index is 448. The third kappa shape index (κ3) is 8.57. The quantitative estimate of drug-likeness (QED) is 0.485. The molecule has 128 valence electrons. The van der Waals surface area contributed by atoms with E-state index in [1.807, 2.05) is 30.3 Å². The van der Waals surface area contributed by atoms with Crippen molar-refractivity contribution in [2.45, 2.75) is 57.3 Å². The van der Waals surface area contributed by atoms with Crippen LogP contribution in [-0.2, 0) is 16.1 Å². The summed E-state index contributed by atoms with van der Waals surface area (Å²) in [5.74, 6) is 0. The second-order valence-electron chi connectivity index (χ2n) is 6.04. The molecule has 0 aliphatic carbocycles. The molecule has 5 heteroatoms. The molecule has 1 amide bonds. The summed E-state index contributed by atoms with van der Waals surface area (Å²) < 4.78 is 10.3. The molecule has 2 rings (SSSR count). The zero-order chi connectivity index (χ0) is 16.3. The van der Waals surface area contributed by atoms with Crippen LogP contribution in [0.3, 0.4) is 0 Å². The number of aliphatic hydroxyl groups excluding tert-OH is 1. The first-order chi connectivity index (χ1) is 11.2. The van der Waals surface area contributed by atoms with Crippen LogP contribution in [0.25, 0.3) is 0 Å². The molecule has 0 radical (unpaired) electrons. The van der Waals surface area contributed by atoms with Crippen LogP contribution in [0, 0.1) is 0 Å². The Labute approximate surface area is 138 Å². The van der Waals surface area contributed by atoms with Crippen molar-refractivity contribution in [3.8, 4) is 0 Å². The molecule has 0 spiro atoms. The number of unbranched alkanes of at least 4 members (excludes halogenated alkanes) is 3. The maximum atomic E-state index is 11.5. The van der Waals surface area contributed by atoms with Gasteiger partial charge in [-0.1, -0.05) is 56.0 Å². The first-order valence-electron chi connectivity index (χ1n) is 8.48. The van der Waals surface area contributed by atoms with Crippen LogP contribution in [0.4, 0.5) is 4.79 Å². The Morgan fingerprint density at radius 1 is 1.26 bits per heavy atom. The minimum Gasteiger partial charge on any atom is -0.445 e. The van der Waals surface area contributed by atoms with E-state index >= 15 is 0 Å². The second-order valence-corrected chi connectivity index (χ2v) is 6.04. The second kappa shape index (κ2) is 10.2. The molecule has 2 atom stereocenters. The van der Waals surface area contributed by atoms with Gasteiger partial charge < -0.3 is 19.9 Å². The molecule has 1 aliphatic heterocycles. The highest BCUT2D eigenvalue weighted by molar-refractivity contribution is 5.67. The molecule has 1 aromatic rings. The van der Waals surface area contributed by atoms with Gasteiger partial charge in [-0.05, 0) is 18.4 Å². The van der Waals surface area contributed by atoms with Gasteiger partial charge in [0.2, 0.25) is 0 Å². The number of epoxide rings is 1. The van der Waals surface area contributed by atoms with E-state index in [1.165, 1.54) is 12.8 Å². The van der Waals surface area contributed by atoms with E-state index in [-0.39, 0.29) is 13.2 Å². The average molecular weight is 321 g/mol. The molecule has 0 bridgehead atoms. The molecule has 1 fully saturated rings. The van der Waals surface area contributed by atoms with Crippen molar-refractivity contribution >= 4 is 6.09 Å². The van der Waals surface area contributed by atoms with Crippen molar-refractivity contribution in [1.82, 2.24) is 5.32 Å². The lowest BCUT2D eigenvalue weighted by Crippen LogP contribution is -2.32. The minimum atomic E-state index is -0.508.